The van der Waals surface area contributed by atoms with E-state index in [0.29, 0.717) is 44.4 Å². The highest BCUT2D eigenvalue weighted by Crippen LogP contribution is 2.39. The van der Waals surface area contributed by atoms with E-state index in [-0.39, 0.29) is 29.2 Å². The minimum atomic E-state index is -0.441. The second kappa shape index (κ2) is 9.00. The zero-order valence-electron chi connectivity index (χ0n) is 17.8. The number of aromatic nitrogens is 2. The number of fused-ring (bicyclic) bond motifs is 2. The van der Waals surface area contributed by atoms with Gasteiger partial charge in [-0.05, 0) is 36.8 Å². The summed E-state index contributed by atoms with van der Waals surface area (Å²) in [7, 11) is 0. The van der Waals surface area contributed by atoms with Gasteiger partial charge in [0.25, 0.3) is 5.56 Å². The Labute approximate surface area is 202 Å². The Bertz CT molecular complexity index is 1510. The number of halogens is 2. The number of anilines is 1. The van der Waals surface area contributed by atoms with Crippen LogP contribution in [-0.2, 0) is 4.79 Å². The van der Waals surface area contributed by atoms with Crippen LogP contribution in [0.2, 0.25) is 5.02 Å². The van der Waals surface area contributed by atoms with Gasteiger partial charge in [0, 0.05) is 12.1 Å². The molecule has 3 aromatic carbocycles. The van der Waals surface area contributed by atoms with E-state index in [1.165, 1.54) is 10.6 Å². The minimum Gasteiger partial charge on any atom is -0.454 e. The largest absolute Gasteiger partial charge is 0.454 e. The molecule has 7 nitrogen and oxygen atoms in total. The van der Waals surface area contributed by atoms with Crippen molar-refractivity contribution < 1.29 is 18.7 Å². The van der Waals surface area contributed by atoms with Crippen LogP contribution in [0.5, 0.6) is 11.5 Å². The number of hydrogen-bond donors (Lipinski definition) is 1. The number of thioether (sulfide) groups is 1. The van der Waals surface area contributed by atoms with Crippen molar-refractivity contribution >= 4 is 45.9 Å². The van der Waals surface area contributed by atoms with E-state index in [1.807, 2.05) is 0 Å². The van der Waals surface area contributed by atoms with Crippen molar-refractivity contribution in [1.29, 1.82) is 0 Å². The maximum absolute atomic E-state index is 14.3. The molecule has 1 aliphatic rings. The van der Waals surface area contributed by atoms with Crippen LogP contribution in [-0.4, -0.2) is 28.0 Å². The van der Waals surface area contributed by atoms with Crippen molar-refractivity contribution in [1.82, 2.24) is 9.55 Å². The molecule has 172 valence electrons. The number of aryl methyl sites for hydroxylation is 1. The molecule has 0 saturated carbocycles. The number of hydrogen-bond acceptors (Lipinski definition) is 6. The molecule has 4 aromatic rings. The molecule has 0 atom stereocenters. The van der Waals surface area contributed by atoms with Gasteiger partial charge in [0.15, 0.2) is 16.7 Å². The fraction of sp³-hybridized carbons (Fsp3) is 0.125. The Morgan fingerprint density at radius 1 is 1.18 bits per heavy atom. The van der Waals surface area contributed by atoms with E-state index in [9.17, 15) is 14.0 Å². The van der Waals surface area contributed by atoms with Crippen molar-refractivity contribution in [3.8, 4) is 17.2 Å². The fourth-order valence-corrected chi connectivity index (χ4v) is 4.50. The highest BCUT2D eigenvalue weighted by molar-refractivity contribution is 7.99. The van der Waals surface area contributed by atoms with E-state index in [2.05, 4.69) is 10.3 Å². The molecule has 1 aliphatic heterocycles. The highest BCUT2D eigenvalue weighted by atomic mass is 35.5. The van der Waals surface area contributed by atoms with Gasteiger partial charge in [-0.1, -0.05) is 41.6 Å². The van der Waals surface area contributed by atoms with Crippen LogP contribution in [0.25, 0.3) is 16.6 Å². The zero-order valence-corrected chi connectivity index (χ0v) is 19.4. The molecule has 1 amide bonds. The molecule has 0 aliphatic carbocycles. The summed E-state index contributed by atoms with van der Waals surface area (Å²) in [5, 5.41) is 3.70. The van der Waals surface area contributed by atoms with Crippen LogP contribution >= 0.6 is 23.4 Å². The third kappa shape index (κ3) is 4.20. The number of benzene rings is 3. The molecule has 1 aromatic heterocycles. The lowest BCUT2D eigenvalue weighted by Gasteiger charge is -2.14. The van der Waals surface area contributed by atoms with Gasteiger partial charge in [-0.3, -0.25) is 14.2 Å². The first-order valence-corrected chi connectivity index (χ1v) is 11.6. The molecule has 0 spiro atoms. The lowest BCUT2D eigenvalue weighted by molar-refractivity contribution is -0.113. The van der Waals surface area contributed by atoms with Crippen LogP contribution in [0.1, 0.15) is 5.56 Å². The summed E-state index contributed by atoms with van der Waals surface area (Å²) in [5.41, 5.74) is 1.29. The Morgan fingerprint density at radius 2 is 1.94 bits per heavy atom. The number of nitrogens with one attached hydrogen (secondary N) is 1. The predicted octanol–water partition coefficient (Wildman–Crippen LogP) is 4.95. The van der Waals surface area contributed by atoms with Gasteiger partial charge in [-0.2, -0.15) is 0 Å². The second-order valence-electron chi connectivity index (χ2n) is 7.51. The average molecular weight is 498 g/mol. The summed E-state index contributed by atoms with van der Waals surface area (Å²) in [6, 6.07) is 14.6. The Morgan fingerprint density at radius 3 is 2.74 bits per heavy atom. The van der Waals surface area contributed by atoms with Crippen molar-refractivity contribution in [3.63, 3.8) is 0 Å². The van der Waals surface area contributed by atoms with Gasteiger partial charge >= 0.3 is 0 Å². The van der Waals surface area contributed by atoms with Gasteiger partial charge in [-0.15, -0.1) is 0 Å². The summed E-state index contributed by atoms with van der Waals surface area (Å²) >= 11 is 7.30. The number of ether oxygens (including phenoxy) is 2. The number of amides is 1. The van der Waals surface area contributed by atoms with Gasteiger partial charge in [0.1, 0.15) is 5.82 Å². The monoisotopic (exact) mass is 497 g/mol. The van der Waals surface area contributed by atoms with Crippen molar-refractivity contribution in [2.75, 3.05) is 17.9 Å². The van der Waals surface area contributed by atoms with E-state index >= 15 is 0 Å². The number of carbonyl (C=O) groups is 1. The molecule has 0 radical (unpaired) electrons. The van der Waals surface area contributed by atoms with Crippen LogP contribution in [0, 0.1) is 12.7 Å². The molecule has 0 unspecified atom stereocenters. The van der Waals surface area contributed by atoms with Crippen LogP contribution in [0.15, 0.2) is 64.5 Å². The molecular weight excluding hydrogens is 481 g/mol. The topological polar surface area (TPSA) is 82.5 Å². The molecule has 2 heterocycles. The molecule has 5 rings (SSSR count). The van der Waals surface area contributed by atoms with E-state index < -0.39 is 5.82 Å². The number of nitrogens with zero attached hydrogens (tertiary/aromatic N) is 2. The molecule has 34 heavy (non-hydrogen) atoms. The lowest BCUT2D eigenvalue weighted by Crippen LogP contribution is -2.23. The summed E-state index contributed by atoms with van der Waals surface area (Å²) in [6.45, 7) is 1.73. The van der Waals surface area contributed by atoms with Gasteiger partial charge in [0.2, 0.25) is 12.7 Å². The predicted molar refractivity (Wildman–Crippen MR) is 129 cm³/mol. The van der Waals surface area contributed by atoms with Crippen molar-refractivity contribution in [2.24, 2.45) is 0 Å². The third-order valence-electron chi connectivity index (χ3n) is 5.23. The normalized spacial score (nSPS) is 12.2. The highest BCUT2D eigenvalue weighted by Gasteiger charge is 2.19. The Balaban J connectivity index is 1.46. The maximum Gasteiger partial charge on any atom is 0.266 e. The standard InChI is InChI=1S/C24H17ClFN3O4S/c1-13-6-7-14(8-17(13)26)29-23(31)15-4-2-3-5-18(15)28-24(29)34-11-22(30)27-19-10-21-20(9-16(19)25)32-12-33-21/h2-10H,11-12H2,1H3,(H,27,30). The van der Waals surface area contributed by atoms with E-state index in [4.69, 9.17) is 21.1 Å². The summed E-state index contributed by atoms with van der Waals surface area (Å²) in [6.07, 6.45) is 0. The lowest BCUT2D eigenvalue weighted by atomic mass is 10.2. The van der Waals surface area contributed by atoms with Crippen LogP contribution < -0.4 is 20.3 Å². The van der Waals surface area contributed by atoms with Crippen LogP contribution in [0.4, 0.5) is 10.1 Å². The van der Waals surface area contributed by atoms with Crippen molar-refractivity contribution in [2.45, 2.75) is 12.1 Å². The van der Waals surface area contributed by atoms with Gasteiger partial charge in [-0.25, -0.2) is 9.37 Å². The quantitative estimate of drug-likeness (QED) is 0.310. The van der Waals surface area contributed by atoms with Crippen LogP contribution in [0.3, 0.4) is 0 Å². The van der Waals surface area contributed by atoms with Crippen molar-refractivity contribution in [3.05, 3.63) is 81.4 Å². The molecule has 1 N–H and O–H groups in total. The molecular formula is C24H17ClFN3O4S. The van der Waals surface area contributed by atoms with Gasteiger partial charge in [0.05, 0.1) is 33.1 Å². The molecule has 0 fully saturated rings. The van der Waals surface area contributed by atoms with E-state index in [0.717, 1.165) is 11.8 Å². The second-order valence-corrected chi connectivity index (χ2v) is 8.86. The average Bonchev–Trinajstić information content (AvgIpc) is 3.27. The Hall–Kier alpha value is -3.56. The summed E-state index contributed by atoms with van der Waals surface area (Å²) in [4.78, 5) is 30.5. The number of carbonyl (C=O) groups excluding carboxylic acids is 1. The Kier molecular flexibility index (Phi) is 5.89. The fourth-order valence-electron chi connectivity index (χ4n) is 3.49. The molecule has 0 saturated heterocycles. The zero-order chi connectivity index (χ0) is 23.8. The van der Waals surface area contributed by atoms with E-state index in [1.54, 1.807) is 55.5 Å². The number of rotatable bonds is 5. The summed E-state index contributed by atoms with van der Waals surface area (Å²) in [5.74, 6) is 0.119. The SMILES string of the molecule is Cc1ccc(-n2c(SCC(=O)Nc3cc4c(cc3Cl)OCO4)nc3ccccc3c2=O)cc1F. The minimum absolute atomic E-state index is 0.0656. The number of para-hydroxylation sites is 1. The third-order valence-corrected chi connectivity index (χ3v) is 6.48. The smallest absolute Gasteiger partial charge is 0.266 e. The van der Waals surface area contributed by atoms with Gasteiger partial charge < -0.3 is 14.8 Å². The molecule has 10 heteroatoms. The maximum atomic E-state index is 14.3. The first-order chi connectivity index (χ1) is 16.4. The first kappa shape index (κ1) is 22.2. The summed E-state index contributed by atoms with van der Waals surface area (Å²) < 4.78 is 26.2. The molecule has 0 bridgehead atoms. The first-order valence-electron chi connectivity index (χ1n) is 10.2.